The SMILES string of the molecule is Cn1c(=O)c2[nH]c(N3CCN(C4CC(=O)N(c5cccc(Cl)c5Cl)C4=O)CC3)nc2n(C)c1=O. The number of fused-ring (bicyclic) bond motifs is 1. The molecule has 0 spiro atoms. The predicted octanol–water partition coefficient (Wildman–Crippen LogP) is 0.721. The monoisotopic (exact) mass is 505 g/mol. The fourth-order valence-electron chi connectivity index (χ4n) is 4.53. The molecule has 1 N–H and O–H groups in total. The molecule has 0 bridgehead atoms. The van der Waals surface area contributed by atoms with E-state index in [0.29, 0.717) is 37.8 Å². The summed E-state index contributed by atoms with van der Waals surface area (Å²) < 4.78 is 2.36. The zero-order chi connectivity index (χ0) is 24.3. The van der Waals surface area contributed by atoms with Crippen LogP contribution in [-0.4, -0.2) is 68.0 Å². The molecule has 13 heteroatoms. The quantitative estimate of drug-likeness (QED) is 0.521. The number of hydrogen-bond donors (Lipinski definition) is 1. The van der Waals surface area contributed by atoms with Gasteiger partial charge in [-0.15, -0.1) is 0 Å². The summed E-state index contributed by atoms with van der Waals surface area (Å²) in [5.74, 6) is -0.172. The second kappa shape index (κ2) is 8.26. The zero-order valence-corrected chi connectivity index (χ0v) is 19.9. The highest BCUT2D eigenvalue weighted by Gasteiger charge is 2.44. The number of aryl methyl sites for hydroxylation is 1. The molecular formula is C21H21Cl2N7O4. The van der Waals surface area contributed by atoms with E-state index in [-0.39, 0.29) is 39.4 Å². The highest BCUT2D eigenvalue weighted by atomic mass is 35.5. The molecule has 2 aliphatic rings. The van der Waals surface area contributed by atoms with Crippen LogP contribution in [0.1, 0.15) is 6.42 Å². The summed E-state index contributed by atoms with van der Waals surface area (Å²) in [7, 11) is 2.98. The minimum absolute atomic E-state index is 0.0600. The number of carbonyl (C=O) groups is 2. The second-order valence-corrected chi connectivity index (χ2v) is 9.13. The number of carbonyl (C=O) groups excluding carboxylic acids is 2. The molecule has 0 aliphatic carbocycles. The van der Waals surface area contributed by atoms with Crippen molar-refractivity contribution in [2.45, 2.75) is 12.5 Å². The van der Waals surface area contributed by atoms with E-state index in [4.69, 9.17) is 23.2 Å². The van der Waals surface area contributed by atoms with Gasteiger partial charge in [-0.2, -0.15) is 4.98 Å². The van der Waals surface area contributed by atoms with Crippen LogP contribution in [0, 0.1) is 0 Å². The zero-order valence-electron chi connectivity index (χ0n) is 18.4. The van der Waals surface area contributed by atoms with Crippen LogP contribution in [0.15, 0.2) is 27.8 Å². The molecule has 1 aromatic carbocycles. The number of nitrogens with one attached hydrogen (secondary N) is 1. The van der Waals surface area contributed by atoms with Crippen molar-refractivity contribution in [2.24, 2.45) is 14.1 Å². The number of imide groups is 1. The number of nitrogens with zero attached hydrogens (tertiary/aromatic N) is 6. The lowest BCUT2D eigenvalue weighted by Crippen LogP contribution is -2.53. The first-order valence-corrected chi connectivity index (χ1v) is 11.4. The molecule has 0 radical (unpaired) electrons. The molecule has 1 unspecified atom stereocenters. The maximum Gasteiger partial charge on any atom is 0.332 e. The summed E-state index contributed by atoms with van der Waals surface area (Å²) in [4.78, 5) is 63.0. The van der Waals surface area contributed by atoms with Crippen LogP contribution in [0.5, 0.6) is 0 Å². The normalized spacial score (nSPS) is 19.6. The van der Waals surface area contributed by atoms with Gasteiger partial charge in [0.15, 0.2) is 11.2 Å². The summed E-state index contributed by atoms with van der Waals surface area (Å²) in [6, 6.07) is 4.25. The number of amides is 2. The molecule has 1 atom stereocenters. The van der Waals surface area contributed by atoms with Crippen molar-refractivity contribution >= 4 is 57.8 Å². The van der Waals surface area contributed by atoms with Gasteiger partial charge in [0.1, 0.15) is 0 Å². The summed E-state index contributed by atoms with van der Waals surface area (Å²) in [6.07, 6.45) is 0.0600. The highest BCUT2D eigenvalue weighted by Crippen LogP contribution is 2.36. The van der Waals surface area contributed by atoms with Gasteiger partial charge in [0.25, 0.3) is 11.5 Å². The number of anilines is 2. The molecule has 178 valence electrons. The first-order valence-electron chi connectivity index (χ1n) is 10.6. The standard InChI is InChI=1S/C21H21Cl2N7O4/c1-26-17-16(19(33)27(2)21(26)34)24-20(25-17)29-8-6-28(7-9-29)13-10-14(31)30(18(13)32)12-5-3-4-11(22)15(12)23/h3-5,13H,6-10H2,1-2H3,(H,24,25). The molecular weight excluding hydrogens is 485 g/mol. The predicted molar refractivity (Wildman–Crippen MR) is 128 cm³/mol. The van der Waals surface area contributed by atoms with Crippen molar-refractivity contribution in [1.82, 2.24) is 24.0 Å². The van der Waals surface area contributed by atoms with Gasteiger partial charge in [-0.3, -0.25) is 28.4 Å². The second-order valence-electron chi connectivity index (χ2n) is 8.35. The van der Waals surface area contributed by atoms with E-state index in [1.807, 2.05) is 9.80 Å². The summed E-state index contributed by atoms with van der Waals surface area (Å²) >= 11 is 12.3. The molecule has 34 heavy (non-hydrogen) atoms. The Morgan fingerprint density at radius 3 is 2.41 bits per heavy atom. The minimum atomic E-state index is -0.589. The molecule has 0 saturated carbocycles. The smallest absolute Gasteiger partial charge is 0.332 e. The first-order chi connectivity index (χ1) is 16.2. The van der Waals surface area contributed by atoms with Crippen LogP contribution in [-0.2, 0) is 23.7 Å². The van der Waals surface area contributed by atoms with Crippen LogP contribution in [0.2, 0.25) is 10.0 Å². The van der Waals surface area contributed by atoms with Crippen LogP contribution in [0.4, 0.5) is 11.6 Å². The van der Waals surface area contributed by atoms with Crippen molar-refractivity contribution in [1.29, 1.82) is 0 Å². The average Bonchev–Trinajstić information content (AvgIpc) is 3.40. The van der Waals surface area contributed by atoms with Crippen molar-refractivity contribution < 1.29 is 9.59 Å². The molecule has 2 aromatic heterocycles. The first kappa shape index (κ1) is 22.6. The largest absolute Gasteiger partial charge is 0.340 e. The van der Waals surface area contributed by atoms with E-state index in [1.165, 1.54) is 11.6 Å². The van der Waals surface area contributed by atoms with Gasteiger partial charge in [0, 0.05) is 40.3 Å². The van der Waals surface area contributed by atoms with E-state index in [0.717, 1.165) is 9.47 Å². The Kier molecular flexibility index (Phi) is 5.50. The van der Waals surface area contributed by atoms with Crippen LogP contribution < -0.4 is 21.0 Å². The van der Waals surface area contributed by atoms with Crippen LogP contribution in [0.3, 0.4) is 0 Å². The van der Waals surface area contributed by atoms with E-state index in [1.54, 1.807) is 25.2 Å². The third-order valence-electron chi connectivity index (χ3n) is 6.43. The Morgan fingerprint density at radius 1 is 1.00 bits per heavy atom. The van der Waals surface area contributed by atoms with Crippen LogP contribution >= 0.6 is 23.2 Å². The highest BCUT2D eigenvalue weighted by molar-refractivity contribution is 6.44. The van der Waals surface area contributed by atoms with Crippen molar-refractivity contribution in [3.05, 3.63) is 49.1 Å². The fraction of sp³-hybridized carbons (Fsp3) is 0.381. The Balaban J connectivity index is 1.34. The van der Waals surface area contributed by atoms with Gasteiger partial charge >= 0.3 is 5.69 Å². The number of imidazole rings is 1. The number of hydrogen-bond acceptors (Lipinski definition) is 7. The van der Waals surface area contributed by atoms with Crippen molar-refractivity contribution in [2.75, 3.05) is 36.0 Å². The molecule has 3 aromatic rings. The third kappa shape index (κ3) is 3.42. The van der Waals surface area contributed by atoms with Gasteiger partial charge in [0.05, 0.1) is 28.2 Å². The minimum Gasteiger partial charge on any atom is -0.340 e. The Labute approximate surface area is 203 Å². The fourth-order valence-corrected chi connectivity index (χ4v) is 4.91. The molecule has 2 aliphatic heterocycles. The average molecular weight is 506 g/mol. The Morgan fingerprint density at radius 2 is 1.71 bits per heavy atom. The van der Waals surface area contributed by atoms with Gasteiger partial charge in [-0.25, -0.2) is 9.69 Å². The number of aromatic amines is 1. The molecule has 5 rings (SSSR count). The number of H-pyrrole nitrogens is 1. The van der Waals surface area contributed by atoms with Gasteiger partial charge in [-0.05, 0) is 12.1 Å². The Hall–Kier alpha value is -3.15. The summed E-state index contributed by atoms with van der Waals surface area (Å²) in [5.41, 5.74) is -0.0528. The number of halogens is 2. The molecule has 2 fully saturated rings. The number of piperazine rings is 1. The van der Waals surface area contributed by atoms with E-state index < -0.39 is 17.3 Å². The molecule has 4 heterocycles. The number of benzene rings is 1. The van der Waals surface area contributed by atoms with Crippen molar-refractivity contribution in [3.8, 4) is 0 Å². The summed E-state index contributed by atoms with van der Waals surface area (Å²) in [5, 5.41) is 0.441. The Bertz CT molecular complexity index is 1450. The third-order valence-corrected chi connectivity index (χ3v) is 7.24. The number of rotatable bonds is 3. The molecule has 2 amide bonds. The molecule has 2 saturated heterocycles. The number of aromatic nitrogens is 4. The van der Waals surface area contributed by atoms with Gasteiger partial charge in [0.2, 0.25) is 11.9 Å². The van der Waals surface area contributed by atoms with Gasteiger partial charge < -0.3 is 9.88 Å². The van der Waals surface area contributed by atoms with Crippen molar-refractivity contribution in [3.63, 3.8) is 0 Å². The topological polar surface area (TPSA) is 117 Å². The summed E-state index contributed by atoms with van der Waals surface area (Å²) in [6.45, 7) is 2.05. The van der Waals surface area contributed by atoms with E-state index in [9.17, 15) is 19.2 Å². The lowest BCUT2D eigenvalue weighted by Gasteiger charge is -2.36. The maximum atomic E-state index is 13.1. The van der Waals surface area contributed by atoms with E-state index >= 15 is 0 Å². The van der Waals surface area contributed by atoms with Crippen LogP contribution in [0.25, 0.3) is 11.2 Å². The maximum absolute atomic E-state index is 13.1. The molecule has 11 nitrogen and oxygen atoms in total. The van der Waals surface area contributed by atoms with Gasteiger partial charge in [-0.1, -0.05) is 29.3 Å². The van der Waals surface area contributed by atoms with E-state index in [2.05, 4.69) is 9.97 Å². The lowest BCUT2D eigenvalue weighted by molar-refractivity contribution is -0.123. The lowest BCUT2D eigenvalue weighted by atomic mass is 10.2.